The Morgan fingerprint density at radius 2 is 1.69 bits per heavy atom. The molecule has 4 rings (SSSR count). The molecule has 0 fully saturated rings. The molecule has 32 heavy (non-hydrogen) atoms. The van der Waals surface area contributed by atoms with Gasteiger partial charge in [0.1, 0.15) is 5.82 Å². The molecule has 0 bridgehead atoms. The van der Waals surface area contributed by atoms with Crippen LogP contribution in [0.4, 0.5) is 15.8 Å². The first-order valence-electron chi connectivity index (χ1n) is 9.58. The first-order valence-corrected chi connectivity index (χ1v) is 9.58. The predicted octanol–water partition coefficient (Wildman–Crippen LogP) is 3.67. The molecule has 0 aliphatic carbocycles. The molecule has 3 aromatic carbocycles. The molecule has 8 nitrogen and oxygen atoms in total. The van der Waals surface area contributed by atoms with Crippen LogP contribution in [0.25, 0.3) is 11.1 Å². The van der Waals surface area contributed by atoms with Crippen LogP contribution in [0.5, 0.6) is 0 Å². The van der Waals surface area contributed by atoms with Crippen LogP contribution < -0.4 is 11.1 Å². The SMILES string of the molecule is Nc1ccc(-c2ccc(F)cc2)cc1NC(=O)c1cn(Cc2ccc(C(=O)O)cc2)nn1. The van der Waals surface area contributed by atoms with Crippen LogP contribution in [0.1, 0.15) is 26.4 Å². The van der Waals surface area contributed by atoms with E-state index in [0.717, 1.165) is 16.7 Å². The summed E-state index contributed by atoms with van der Waals surface area (Å²) < 4.78 is 14.7. The number of halogens is 1. The van der Waals surface area contributed by atoms with E-state index in [1.54, 1.807) is 42.5 Å². The van der Waals surface area contributed by atoms with Crippen LogP contribution in [0, 0.1) is 5.82 Å². The minimum Gasteiger partial charge on any atom is -0.478 e. The largest absolute Gasteiger partial charge is 0.478 e. The van der Waals surface area contributed by atoms with E-state index in [2.05, 4.69) is 15.6 Å². The molecular weight excluding hydrogens is 413 g/mol. The maximum Gasteiger partial charge on any atom is 0.335 e. The highest BCUT2D eigenvalue weighted by molar-refractivity contribution is 6.04. The smallest absolute Gasteiger partial charge is 0.335 e. The third-order valence-electron chi connectivity index (χ3n) is 4.80. The summed E-state index contributed by atoms with van der Waals surface area (Å²) in [6, 6.07) is 17.5. The molecule has 4 aromatic rings. The zero-order valence-electron chi connectivity index (χ0n) is 16.7. The summed E-state index contributed by atoms with van der Waals surface area (Å²) in [5.41, 5.74) is 9.41. The van der Waals surface area contributed by atoms with E-state index >= 15 is 0 Å². The molecule has 0 aliphatic rings. The standard InChI is InChI=1S/C23H18FN5O3/c24-18-8-5-15(6-9-18)17-7-10-19(25)20(11-17)26-22(30)21-13-29(28-27-21)12-14-1-3-16(4-2-14)23(31)32/h1-11,13H,12,25H2,(H,26,30)(H,31,32). The van der Waals surface area contributed by atoms with Crippen molar-refractivity contribution < 1.29 is 19.1 Å². The number of nitrogens with zero attached hydrogens (tertiary/aromatic N) is 3. The lowest BCUT2D eigenvalue weighted by Gasteiger charge is -2.10. The number of carbonyl (C=O) groups is 2. The van der Waals surface area contributed by atoms with Gasteiger partial charge in [0.05, 0.1) is 29.7 Å². The Kier molecular flexibility index (Phi) is 5.63. The molecular formula is C23H18FN5O3. The van der Waals surface area contributed by atoms with Crippen molar-refractivity contribution >= 4 is 23.3 Å². The second-order valence-corrected chi connectivity index (χ2v) is 7.07. The second kappa shape index (κ2) is 8.68. The van der Waals surface area contributed by atoms with Crippen LogP contribution in [0.2, 0.25) is 0 Å². The average molecular weight is 431 g/mol. The highest BCUT2D eigenvalue weighted by Crippen LogP contribution is 2.27. The highest BCUT2D eigenvalue weighted by atomic mass is 19.1. The number of anilines is 2. The summed E-state index contributed by atoms with van der Waals surface area (Å²) in [6.45, 7) is 0.322. The Bertz CT molecular complexity index is 1280. The van der Waals surface area contributed by atoms with Crippen LogP contribution in [-0.2, 0) is 6.54 Å². The van der Waals surface area contributed by atoms with Gasteiger partial charge in [0.2, 0.25) is 0 Å². The van der Waals surface area contributed by atoms with Crippen molar-refractivity contribution in [1.82, 2.24) is 15.0 Å². The number of aromatic carboxylic acids is 1. The Hall–Kier alpha value is -4.53. The molecule has 0 unspecified atom stereocenters. The van der Waals surface area contributed by atoms with Crippen molar-refractivity contribution in [1.29, 1.82) is 0 Å². The van der Waals surface area contributed by atoms with Gasteiger partial charge in [-0.3, -0.25) is 4.79 Å². The Morgan fingerprint density at radius 3 is 2.38 bits per heavy atom. The molecule has 0 saturated heterocycles. The van der Waals surface area contributed by atoms with Crippen LogP contribution in [0.15, 0.2) is 72.9 Å². The van der Waals surface area contributed by atoms with E-state index in [1.807, 2.05) is 0 Å². The van der Waals surface area contributed by atoms with Gasteiger partial charge in [-0.05, 0) is 53.1 Å². The molecule has 1 amide bonds. The monoisotopic (exact) mass is 431 g/mol. The van der Waals surface area contributed by atoms with E-state index in [9.17, 15) is 14.0 Å². The quantitative estimate of drug-likeness (QED) is 0.400. The number of amides is 1. The lowest BCUT2D eigenvalue weighted by atomic mass is 10.0. The van der Waals surface area contributed by atoms with E-state index in [4.69, 9.17) is 10.8 Å². The van der Waals surface area contributed by atoms with E-state index < -0.39 is 11.9 Å². The van der Waals surface area contributed by atoms with Crippen LogP contribution in [0.3, 0.4) is 0 Å². The molecule has 9 heteroatoms. The van der Waals surface area contributed by atoms with Crippen molar-refractivity contribution in [3.63, 3.8) is 0 Å². The van der Waals surface area contributed by atoms with Gasteiger partial charge in [-0.25, -0.2) is 13.9 Å². The van der Waals surface area contributed by atoms with Crippen LogP contribution >= 0.6 is 0 Å². The van der Waals surface area contributed by atoms with E-state index in [0.29, 0.717) is 17.9 Å². The van der Waals surface area contributed by atoms with E-state index in [1.165, 1.54) is 35.1 Å². The third kappa shape index (κ3) is 4.62. The van der Waals surface area contributed by atoms with Gasteiger partial charge >= 0.3 is 5.97 Å². The molecule has 0 radical (unpaired) electrons. The molecule has 1 aromatic heterocycles. The number of carboxylic acids is 1. The van der Waals surface area contributed by atoms with Crippen molar-refractivity contribution in [2.75, 3.05) is 11.1 Å². The Morgan fingerprint density at radius 1 is 1.00 bits per heavy atom. The van der Waals surface area contributed by atoms with Gasteiger partial charge in [0, 0.05) is 0 Å². The van der Waals surface area contributed by atoms with Crippen LogP contribution in [-0.4, -0.2) is 32.0 Å². The van der Waals surface area contributed by atoms with Gasteiger partial charge < -0.3 is 16.2 Å². The topological polar surface area (TPSA) is 123 Å². The number of aromatic nitrogens is 3. The minimum absolute atomic E-state index is 0.0961. The second-order valence-electron chi connectivity index (χ2n) is 7.07. The summed E-state index contributed by atoms with van der Waals surface area (Å²) in [7, 11) is 0. The van der Waals surface area contributed by atoms with Crippen molar-refractivity contribution in [2.45, 2.75) is 6.54 Å². The molecule has 160 valence electrons. The third-order valence-corrected chi connectivity index (χ3v) is 4.80. The summed E-state index contributed by atoms with van der Waals surface area (Å²) in [6.07, 6.45) is 1.49. The Labute approximate surface area is 182 Å². The zero-order valence-corrected chi connectivity index (χ0v) is 16.7. The first-order chi connectivity index (χ1) is 15.4. The summed E-state index contributed by atoms with van der Waals surface area (Å²) >= 11 is 0. The lowest BCUT2D eigenvalue weighted by Crippen LogP contribution is -2.13. The summed E-state index contributed by atoms with van der Waals surface area (Å²) in [4.78, 5) is 23.6. The fourth-order valence-corrected chi connectivity index (χ4v) is 3.09. The maximum absolute atomic E-state index is 13.2. The zero-order chi connectivity index (χ0) is 22.7. The van der Waals surface area contributed by atoms with Gasteiger partial charge in [-0.1, -0.05) is 35.5 Å². The molecule has 0 spiro atoms. The number of benzene rings is 3. The highest BCUT2D eigenvalue weighted by Gasteiger charge is 2.14. The molecule has 1 heterocycles. The maximum atomic E-state index is 13.2. The van der Waals surface area contributed by atoms with Gasteiger partial charge in [-0.2, -0.15) is 0 Å². The van der Waals surface area contributed by atoms with E-state index in [-0.39, 0.29) is 17.1 Å². The number of hydrogen-bond acceptors (Lipinski definition) is 5. The number of rotatable bonds is 6. The first kappa shape index (κ1) is 20.7. The molecule has 0 aliphatic heterocycles. The number of nitrogen functional groups attached to an aromatic ring is 1. The minimum atomic E-state index is -1.00. The van der Waals surface area contributed by atoms with Crippen molar-refractivity contribution in [2.24, 2.45) is 0 Å². The summed E-state index contributed by atoms with van der Waals surface area (Å²) in [5.74, 6) is -1.82. The lowest BCUT2D eigenvalue weighted by molar-refractivity contribution is 0.0696. The number of hydrogen-bond donors (Lipinski definition) is 3. The fraction of sp³-hybridized carbons (Fsp3) is 0.0435. The Balaban J connectivity index is 1.47. The fourth-order valence-electron chi connectivity index (χ4n) is 3.09. The predicted molar refractivity (Wildman–Crippen MR) is 117 cm³/mol. The van der Waals surface area contributed by atoms with Crippen molar-refractivity contribution in [3.05, 3.63) is 95.6 Å². The number of carboxylic acid groups (broad SMARTS) is 1. The average Bonchev–Trinajstić information content (AvgIpc) is 3.25. The van der Waals surface area contributed by atoms with Gasteiger partial charge in [0.25, 0.3) is 5.91 Å². The number of carbonyl (C=O) groups excluding carboxylic acids is 1. The van der Waals surface area contributed by atoms with Gasteiger partial charge in [-0.15, -0.1) is 5.10 Å². The number of nitrogens with two attached hydrogens (primary N) is 1. The summed E-state index contributed by atoms with van der Waals surface area (Å²) in [5, 5.41) is 19.5. The molecule has 4 N–H and O–H groups in total. The normalized spacial score (nSPS) is 10.7. The molecule has 0 atom stereocenters. The van der Waals surface area contributed by atoms with Gasteiger partial charge in [0.15, 0.2) is 5.69 Å². The number of nitrogens with one attached hydrogen (secondary N) is 1. The van der Waals surface area contributed by atoms with Crippen molar-refractivity contribution in [3.8, 4) is 11.1 Å². The molecule has 0 saturated carbocycles.